The predicted molar refractivity (Wildman–Crippen MR) is 312 cm³/mol. The van der Waals surface area contributed by atoms with Crippen LogP contribution in [0.1, 0.15) is 125 Å². The van der Waals surface area contributed by atoms with Crippen LogP contribution in [0.15, 0.2) is 172 Å². The average molecular weight is 1290 g/mol. The van der Waals surface area contributed by atoms with Crippen molar-refractivity contribution in [1.29, 1.82) is 0 Å². The van der Waals surface area contributed by atoms with Crippen molar-refractivity contribution in [2.75, 3.05) is 19.6 Å². The summed E-state index contributed by atoms with van der Waals surface area (Å²) in [5.74, 6) is -1.11. The van der Waals surface area contributed by atoms with E-state index < -0.39 is 35.1 Å². The van der Waals surface area contributed by atoms with Gasteiger partial charge in [-0.15, -0.1) is 6.58 Å². The summed E-state index contributed by atoms with van der Waals surface area (Å²) in [6, 6.07) is 41.0. The van der Waals surface area contributed by atoms with Gasteiger partial charge < -0.3 is 34.0 Å². The molecule has 0 radical (unpaired) electrons. The molecule has 17 heteroatoms. The number of nitrogens with zero attached hydrogens (tertiary/aromatic N) is 3. The Balaban J connectivity index is 0.000000173. The van der Waals surface area contributed by atoms with Crippen LogP contribution < -0.4 is 0 Å². The molecule has 3 aliphatic rings. The molecule has 7 atom stereocenters. The number of Topliss-reactive ketones (excluding diaryl/α,β-unsaturated/α-hetero) is 1. The summed E-state index contributed by atoms with van der Waals surface area (Å²) in [5, 5.41) is 9.97. The molecule has 0 saturated carbocycles. The van der Waals surface area contributed by atoms with E-state index >= 15 is 0 Å². The monoisotopic (exact) mass is 1290 g/mol. The van der Waals surface area contributed by atoms with E-state index in [2.05, 4.69) is 54.4 Å². The Kier molecular flexibility index (Phi) is 20.7. The second-order valence-corrected chi connectivity index (χ2v) is 23.3. The van der Waals surface area contributed by atoms with E-state index in [1.54, 1.807) is 64.1 Å². The van der Waals surface area contributed by atoms with Crippen molar-refractivity contribution in [3.8, 4) is 0 Å². The minimum Gasteiger partial charge on any atom is -0.438 e. The maximum Gasteiger partial charge on any atom is 0.411 e. The number of halogens is 6. The van der Waals surface area contributed by atoms with E-state index in [1.165, 1.54) is 43.3 Å². The minimum absolute atomic E-state index is 0.0729. The van der Waals surface area contributed by atoms with Crippen molar-refractivity contribution in [1.82, 2.24) is 14.7 Å². The molecule has 9 rings (SSSR count). The Bertz CT molecular complexity index is 3130. The molecule has 11 nitrogen and oxygen atoms in total. The van der Waals surface area contributed by atoms with Crippen molar-refractivity contribution < 1.29 is 51.7 Å². The fraction of sp³-hybridized carbons (Fsp3) is 0.333. The zero-order valence-electron chi connectivity index (χ0n) is 45.2. The van der Waals surface area contributed by atoms with Crippen LogP contribution >= 0.6 is 47.8 Å². The lowest BCUT2D eigenvalue weighted by atomic mass is 9.84. The van der Waals surface area contributed by atoms with Gasteiger partial charge in [-0.25, -0.2) is 27.6 Å². The van der Waals surface area contributed by atoms with Crippen LogP contribution in [0, 0.1) is 17.5 Å². The first-order valence-corrected chi connectivity index (χ1v) is 28.8. The standard InChI is InChI=1S/C21H23BrFNO3.C21H21BrFNO3.C21H21BrFNO2/c2*1-14(25)13-21(17-6-8-19(23)9-7-17)10-11-24(20(26)27-21)15(2)16-4-3-5-18(22)12-16;1-3-11-21(17-7-9-19(23)10-8-17)12-13-24(20(25)26-21)15(2)16-5-4-6-18(22)14-16/h3-9,12,14-15,25H,10-11,13H2,1-2H3;3-9,12,15H,10-11,13H2,1-2H3;3-10,14-15H,1,11-13H2,2H3/t14?,15-,21-;15-,21-;15-,21+/m000/s1. The number of cyclic esters (lactones) is 3. The SMILES string of the molecule is C=CC[C@]1(c2ccc(F)cc2)CCN([C@@H](C)c2cccc(Br)c2)C(=O)O1.CC(=O)C[C@]1(c2ccc(F)cc2)CCN([C@@H](C)c2cccc(Br)c2)C(=O)O1.CC(O)C[C@]1(c2ccc(F)cc2)CCN([C@@H](C)c2cccc(Br)c2)C(=O)O1. The Hall–Kier alpha value is -6.27. The number of carbonyl (C=O) groups is 4. The number of ketones is 1. The third-order valence-electron chi connectivity index (χ3n) is 15.0. The molecule has 3 saturated heterocycles. The number of amides is 3. The fourth-order valence-electron chi connectivity index (χ4n) is 10.6. The maximum atomic E-state index is 13.3. The lowest BCUT2D eigenvalue weighted by molar-refractivity contribution is -0.126. The smallest absolute Gasteiger partial charge is 0.411 e. The van der Waals surface area contributed by atoms with Crippen molar-refractivity contribution in [3.63, 3.8) is 0 Å². The van der Waals surface area contributed by atoms with Gasteiger partial charge in [-0.05, 0) is 141 Å². The summed E-state index contributed by atoms with van der Waals surface area (Å²) >= 11 is 10.4. The van der Waals surface area contributed by atoms with Crippen LogP contribution in [0.3, 0.4) is 0 Å². The summed E-state index contributed by atoms with van der Waals surface area (Å²) in [6.07, 6.45) is 2.25. The Morgan fingerprint density at radius 1 is 0.550 bits per heavy atom. The van der Waals surface area contributed by atoms with E-state index in [1.807, 2.05) is 93.6 Å². The molecule has 0 bridgehead atoms. The van der Waals surface area contributed by atoms with Crippen molar-refractivity contribution in [2.24, 2.45) is 0 Å². The average Bonchev–Trinajstić information content (AvgIpc) is 3.56. The molecule has 422 valence electrons. The largest absolute Gasteiger partial charge is 0.438 e. The molecule has 0 aromatic heterocycles. The number of ether oxygens (including phenoxy) is 3. The molecule has 3 aliphatic heterocycles. The van der Waals surface area contributed by atoms with Gasteiger partial charge in [-0.3, -0.25) is 4.79 Å². The summed E-state index contributed by atoms with van der Waals surface area (Å²) in [6.45, 7) is 14.3. The molecular weight excluding hydrogens is 1220 g/mol. The van der Waals surface area contributed by atoms with Crippen LogP contribution in [0.5, 0.6) is 0 Å². The highest BCUT2D eigenvalue weighted by molar-refractivity contribution is 9.11. The Labute approximate surface area is 491 Å². The highest BCUT2D eigenvalue weighted by Gasteiger charge is 2.47. The normalized spacial score (nSPS) is 21.4. The second-order valence-electron chi connectivity index (χ2n) is 20.6. The van der Waals surface area contributed by atoms with Crippen LogP contribution in [-0.4, -0.2) is 69.6 Å². The van der Waals surface area contributed by atoms with Gasteiger partial charge in [-0.2, -0.15) is 0 Å². The molecule has 3 heterocycles. The van der Waals surface area contributed by atoms with E-state index in [-0.39, 0.29) is 60.3 Å². The molecule has 0 aliphatic carbocycles. The fourth-order valence-corrected chi connectivity index (χ4v) is 11.9. The third-order valence-corrected chi connectivity index (χ3v) is 16.4. The summed E-state index contributed by atoms with van der Waals surface area (Å²) in [5.41, 5.74) is 2.37. The Morgan fingerprint density at radius 3 is 1.19 bits per heavy atom. The van der Waals surface area contributed by atoms with Crippen molar-refractivity contribution in [2.45, 2.75) is 114 Å². The minimum atomic E-state index is -1.05. The van der Waals surface area contributed by atoms with Gasteiger partial charge >= 0.3 is 18.3 Å². The lowest BCUT2D eigenvalue weighted by Gasteiger charge is -2.44. The van der Waals surface area contributed by atoms with Gasteiger partial charge in [0.1, 0.15) is 40.0 Å². The molecule has 6 aromatic carbocycles. The maximum absolute atomic E-state index is 13.3. The van der Waals surface area contributed by atoms with Gasteiger partial charge in [-0.1, -0.05) is 127 Å². The molecule has 80 heavy (non-hydrogen) atoms. The quantitative estimate of drug-likeness (QED) is 0.0796. The van der Waals surface area contributed by atoms with E-state index in [4.69, 9.17) is 14.2 Å². The second kappa shape index (κ2) is 27.0. The van der Waals surface area contributed by atoms with Crippen LogP contribution in [0.4, 0.5) is 27.6 Å². The first-order chi connectivity index (χ1) is 38.1. The van der Waals surface area contributed by atoms with Gasteiger partial charge in [0.15, 0.2) is 0 Å². The number of carbonyl (C=O) groups excluding carboxylic acids is 4. The molecule has 0 spiro atoms. The number of benzene rings is 6. The zero-order valence-corrected chi connectivity index (χ0v) is 50.0. The first kappa shape index (κ1) is 61.4. The summed E-state index contributed by atoms with van der Waals surface area (Å²) in [7, 11) is 0. The van der Waals surface area contributed by atoms with Gasteiger partial charge in [0.2, 0.25) is 0 Å². The molecule has 1 unspecified atom stereocenters. The highest BCUT2D eigenvalue weighted by atomic mass is 79.9. The number of rotatable bonds is 15. The van der Waals surface area contributed by atoms with Gasteiger partial charge in [0.25, 0.3) is 0 Å². The number of aliphatic hydroxyl groups is 1. The molecule has 1 N–H and O–H groups in total. The molecule has 6 aromatic rings. The van der Waals surface area contributed by atoms with Crippen LogP contribution in [0.2, 0.25) is 0 Å². The van der Waals surface area contributed by atoms with Crippen LogP contribution in [0.25, 0.3) is 0 Å². The Morgan fingerprint density at radius 2 is 0.863 bits per heavy atom. The van der Waals surface area contributed by atoms with E-state index in [0.29, 0.717) is 56.4 Å². The van der Waals surface area contributed by atoms with E-state index in [0.717, 1.165) is 35.7 Å². The first-order valence-electron chi connectivity index (χ1n) is 26.4. The molecular formula is C63H65Br3F3N3O8. The van der Waals surface area contributed by atoms with E-state index in [9.17, 15) is 37.5 Å². The number of hydrogen-bond donors (Lipinski definition) is 1. The zero-order chi connectivity index (χ0) is 57.9. The van der Waals surface area contributed by atoms with Gasteiger partial charge in [0, 0.05) is 65.2 Å². The van der Waals surface area contributed by atoms with Gasteiger partial charge in [0.05, 0.1) is 30.7 Å². The van der Waals surface area contributed by atoms with Crippen molar-refractivity contribution >= 4 is 71.9 Å². The molecule has 3 fully saturated rings. The van der Waals surface area contributed by atoms with Crippen molar-refractivity contribution in [3.05, 3.63) is 222 Å². The van der Waals surface area contributed by atoms with Crippen LogP contribution in [-0.2, 0) is 35.8 Å². The number of hydrogen-bond acceptors (Lipinski definition) is 8. The molecule has 3 amide bonds. The number of aliphatic hydroxyl groups excluding tert-OH is 1. The lowest BCUT2D eigenvalue weighted by Crippen LogP contribution is -2.49. The topological polar surface area (TPSA) is 126 Å². The summed E-state index contributed by atoms with van der Waals surface area (Å²) < 4.78 is 60.4. The third kappa shape index (κ3) is 15.0. The summed E-state index contributed by atoms with van der Waals surface area (Å²) in [4.78, 5) is 55.4. The highest BCUT2D eigenvalue weighted by Crippen LogP contribution is 2.43. The predicted octanol–water partition coefficient (Wildman–Crippen LogP) is 16.5.